The lowest BCUT2D eigenvalue weighted by molar-refractivity contribution is 0.104. The van der Waals surface area contributed by atoms with E-state index in [1.807, 2.05) is 0 Å². The summed E-state index contributed by atoms with van der Waals surface area (Å²) in [5.41, 5.74) is 9.12. The minimum absolute atomic E-state index is 0.00241. The molecule has 2 rings (SSSR count). The van der Waals surface area contributed by atoms with Crippen LogP contribution >= 0.6 is 12.2 Å². The smallest absolute Gasteiger partial charge is 0.199 e. The van der Waals surface area contributed by atoms with Crippen LogP contribution in [0.1, 0.15) is 22.8 Å². The second-order valence-corrected chi connectivity index (χ2v) is 4.21. The fraction of sp³-hybridized carbons (Fsp3) is 0.0833. The first-order valence-corrected chi connectivity index (χ1v) is 5.60. The molecule has 0 saturated heterocycles. The molecule has 0 amide bonds. The second kappa shape index (κ2) is 4.58. The Bertz CT molecular complexity index is 605. The van der Waals surface area contributed by atoms with Gasteiger partial charge in [0, 0.05) is 11.1 Å². The molecule has 0 aromatic heterocycles. The van der Waals surface area contributed by atoms with Crippen molar-refractivity contribution in [2.45, 2.75) is 6.92 Å². The van der Waals surface area contributed by atoms with Crippen LogP contribution in [0.25, 0.3) is 5.76 Å². The Kier molecular flexibility index (Phi) is 3.12. The van der Waals surface area contributed by atoms with Gasteiger partial charge in [-0.3, -0.25) is 10.2 Å². The quantitative estimate of drug-likeness (QED) is 0.425. The first kappa shape index (κ1) is 12.3. The Morgan fingerprint density at radius 1 is 1.39 bits per heavy atom. The van der Waals surface area contributed by atoms with Crippen molar-refractivity contribution in [3.8, 4) is 0 Å². The number of carbonyl (C=O) groups is 1. The van der Waals surface area contributed by atoms with Crippen molar-refractivity contribution < 1.29 is 9.90 Å². The van der Waals surface area contributed by atoms with Gasteiger partial charge in [0.25, 0.3) is 0 Å². The van der Waals surface area contributed by atoms with Crippen LogP contribution in [0, 0.1) is 0 Å². The summed E-state index contributed by atoms with van der Waals surface area (Å²) in [5, 5.41) is 13.9. The number of carbonyl (C=O) groups excluding carboxylic acids is 1. The van der Waals surface area contributed by atoms with Crippen molar-refractivity contribution in [2.75, 3.05) is 0 Å². The average Bonchev–Trinajstić information content (AvgIpc) is 2.60. The maximum atomic E-state index is 12.1. The van der Waals surface area contributed by atoms with Gasteiger partial charge in [-0.15, -0.1) is 0 Å². The molecular weight excluding hydrogens is 250 g/mol. The molecule has 0 heterocycles. The van der Waals surface area contributed by atoms with Crippen molar-refractivity contribution in [3.05, 3.63) is 41.0 Å². The lowest BCUT2D eigenvalue weighted by atomic mass is 10.1. The molecule has 92 valence electrons. The number of hydrogen-bond donors (Lipinski definition) is 3. The molecule has 1 aliphatic carbocycles. The summed E-state index contributed by atoms with van der Waals surface area (Å²) < 4.78 is 0. The molecule has 5 nitrogen and oxygen atoms in total. The highest BCUT2D eigenvalue weighted by atomic mass is 32.1. The van der Waals surface area contributed by atoms with Gasteiger partial charge in [-0.1, -0.05) is 24.3 Å². The van der Waals surface area contributed by atoms with Gasteiger partial charge in [-0.2, -0.15) is 5.10 Å². The SMILES string of the molecule is CC(=NNC(N)=S)C1=C(O)c2ccccc2C1=O. The highest BCUT2D eigenvalue weighted by Crippen LogP contribution is 2.31. The van der Waals surface area contributed by atoms with E-state index in [9.17, 15) is 9.90 Å². The van der Waals surface area contributed by atoms with Gasteiger partial charge in [0.2, 0.25) is 0 Å². The van der Waals surface area contributed by atoms with Gasteiger partial charge in [0.05, 0.1) is 11.3 Å². The fourth-order valence-corrected chi connectivity index (χ4v) is 1.84. The number of thiocarbonyl (C=S) groups is 1. The third kappa shape index (κ3) is 1.98. The Labute approximate surface area is 109 Å². The van der Waals surface area contributed by atoms with Gasteiger partial charge in [-0.05, 0) is 19.1 Å². The molecule has 0 aliphatic heterocycles. The van der Waals surface area contributed by atoms with E-state index in [0.29, 0.717) is 16.8 Å². The molecule has 0 fully saturated rings. The third-order valence-electron chi connectivity index (χ3n) is 2.59. The minimum Gasteiger partial charge on any atom is -0.506 e. The maximum Gasteiger partial charge on any atom is 0.199 e. The summed E-state index contributed by atoms with van der Waals surface area (Å²) in [6.07, 6.45) is 0. The highest BCUT2D eigenvalue weighted by molar-refractivity contribution is 7.80. The number of nitrogens with one attached hydrogen (secondary N) is 1. The van der Waals surface area contributed by atoms with Gasteiger partial charge in [-0.25, -0.2) is 0 Å². The van der Waals surface area contributed by atoms with Crippen LogP contribution in [-0.2, 0) is 0 Å². The number of hydrazone groups is 1. The number of nitrogens with zero attached hydrogens (tertiary/aromatic N) is 1. The summed E-state index contributed by atoms with van der Waals surface area (Å²) in [7, 11) is 0. The first-order chi connectivity index (χ1) is 8.52. The number of aliphatic hydroxyl groups is 1. The lowest BCUT2D eigenvalue weighted by Crippen LogP contribution is -2.25. The van der Waals surface area contributed by atoms with E-state index in [-0.39, 0.29) is 22.2 Å². The van der Waals surface area contributed by atoms with Crippen LogP contribution in [-0.4, -0.2) is 21.7 Å². The van der Waals surface area contributed by atoms with Crippen molar-refractivity contribution in [1.82, 2.24) is 5.43 Å². The Hall–Kier alpha value is -2.21. The minimum atomic E-state index is -0.255. The number of hydrogen-bond acceptors (Lipinski definition) is 4. The zero-order chi connectivity index (χ0) is 13.3. The molecule has 0 bridgehead atoms. The van der Waals surface area contributed by atoms with Crippen LogP contribution in [0.3, 0.4) is 0 Å². The molecule has 1 aromatic rings. The van der Waals surface area contributed by atoms with Crippen LogP contribution in [0.5, 0.6) is 0 Å². The molecule has 0 unspecified atom stereocenters. The van der Waals surface area contributed by atoms with E-state index in [2.05, 4.69) is 22.7 Å². The van der Waals surface area contributed by atoms with Crippen LogP contribution in [0.2, 0.25) is 0 Å². The van der Waals surface area contributed by atoms with Crippen LogP contribution in [0.4, 0.5) is 0 Å². The van der Waals surface area contributed by atoms with Gasteiger partial charge >= 0.3 is 0 Å². The van der Waals surface area contributed by atoms with Crippen molar-refractivity contribution >= 4 is 34.6 Å². The number of Topliss-reactive ketones (excluding diaryl/α,β-unsaturated/α-hetero) is 1. The van der Waals surface area contributed by atoms with E-state index in [1.165, 1.54) is 0 Å². The van der Waals surface area contributed by atoms with Crippen molar-refractivity contribution in [2.24, 2.45) is 10.8 Å². The largest absolute Gasteiger partial charge is 0.506 e. The number of rotatable bonds is 2. The van der Waals surface area contributed by atoms with Gasteiger partial charge in [0.15, 0.2) is 10.9 Å². The van der Waals surface area contributed by atoms with Gasteiger partial charge in [0.1, 0.15) is 5.76 Å². The fourth-order valence-electron chi connectivity index (χ4n) is 1.79. The number of nitrogens with two attached hydrogens (primary N) is 1. The summed E-state index contributed by atoms with van der Waals surface area (Å²) in [6, 6.07) is 6.84. The number of benzene rings is 1. The van der Waals surface area contributed by atoms with E-state index in [1.54, 1.807) is 31.2 Å². The topological polar surface area (TPSA) is 87.7 Å². The van der Waals surface area contributed by atoms with Crippen molar-refractivity contribution in [1.29, 1.82) is 0 Å². The number of ketones is 1. The molecule has 1 aliphatic rings. The summed E-state index contributed by atoms with van der Waals surface area (Å²) in [4.78, 5) is 12.1. The lowest BCUT2D eigenvalue weighted by Gasteiger charge is -2.02. The van der Waals surface area contributed by atoms with E-state index in [4.69, 9.17) is 5.73 Å². The standard InChI is InChI=1S/C12H11N3O2S/c1-6(14-15-12(13)18)9-10(16)7-4-2-3-5-8(7)11(9)17/h2-5,16H,1H3,(H3,13,15,18). The predicted octanol–water partition coefficient (Wildman–Crippen LogP) is 1.36. The Morgan fingerprint density at radius 2 is 2.00 bits per heavy atom. The van der Waals surface area contributed by atoms with Gasteiger partial charge < -0.3 is 10.8 Å². The van der Waals surface area contributed by atoms with Crippen LogP contribution < -0.4 is 11.2 Å². The molecule has 18 heavy (non-hydrogen) atoms. The Balaban J connectivity index is 2.43. The number of aliphatic hydroxyl groups excluding tert-OH is 1. The number of fused-ring (bicyclic) bond motifs is 1. The molecular formula is C12H11N3O2S. The summed E-state index contributed by atoms with van der Waals surface area (Å²) in [6.45, 7) is 1.60. The highest BCUT2D eigenvalue weighted by Gasteiger charge is 2.30. The average molecular weight is 261 g/mol. The zero-order valence-electron chi connectivity index (χ0n) is 9.60. The monoisotopic (exact) mass is 261 g/mol. The molecule has 0 radical (unpaired) electrons. The predicted molar refractivity (Wildman–Crippen MR) is 73.4 cm³/mol. The molecule has 0 saturated carbocycles. The molecule has 4 N–H and O–H groups in total. The van der Waals surface area contributed by atoms with E-state index in [0.717, 1.165) is 0 Å². The number of allylic oxidation sites excluding steroid dienone is 1. The van der Waals surface area contributed by atoms with E-state index >= 15 is 0 Å². The normalized spacial score (nSPS) is 14.7. The van der Waals surface area contributed by atoms with Crippen LogP contribution in [0.15, 0.2) is 34.9 Å². The third-order valence-corrected chi connectivity index (χ3v) is 2.68. The van der Waals surface area contributed by atoms with Crippen molar-refractivity contribution in [3.63, 3.8) is 0 Å². The molecule has 1 aromatic carbocycles. The molecule has 6 heteroatoms. The first-order valence-electron chi connectivity index (χ1n) is 5.20. The summed E-state index contributed by atoms with van der Waals surface area (Å²) in [5.74, 6) is -0.323. The second-order valence-electron chi connectivity index (χ2n) is 3.77. The Morgan fingerprint density at radius 3 is 2.56 bits per heavy atom. The zero-order valence-corrected chi connectivity index (χ0v) is 10.4. The van der Waals surface area contributed by atoms with E-state index < -0.39 is 0 Å². The molecule has 0 atom stereocenters. The summed E-state index contributed by atoms with van der Waals surface area (Å²) >= 11 is 4.61. The molecule has 0 spiro atoms. The maximum absolute atomic E-state index is 12.1.